The summed E-state index contributed by atoms with van der Waals surface area (Å²) in [6.45, 7) is 52.3. The Hall–Kier alpha value is -3.31. The molecule has 41 heteroatoms. The van der Waals surface area contributed by atoms with Crippen molar-refractivity contribution in [1.29, 1.82) is 10.5 Å². The highest BCUT2D eigenvalue weighted by molar-refractivity contribution is 7.48. The van der Waals surface area contributed by atoms with Gasteiger partial charge in [0.15, 0.2) is 0 Å². The lowest BCUT2D eigenvalue weighted by molar-refractivity contribution is -0.146. The van der Waals surface area contributed by atoms with Gasteiger partial charge < -0.3 is 107 Å². The number of nitriles is 2. The van der Waals surface area contributed by atoms with E-state index >= 15 is 4.57 Å². The predicted octanol–water partition coefficient (Wildman–Crippen LogP) is 20.5. The van der Waals surface area contributed by atoms with Crippen LogP contribution in [0.25, 0.3) is 14.5 Å². The van der Waals surface area contributed by atoms with Crippen LogP contribution in [0.5, 0.6) is 0 Å². The fourth-order valence-corrected chi connectivity index (χ4v) is 21.2. The molecule has 3 aliphatic carbocycles. The maximum atomic E-state index is 15.1. The van der Waals surface area contributed by atoms with Crippen LogP contribution in [-0.2, 0) is 143 Å². The van der Waals surface area contributed by atoms with E-state index < -0.39 is 59.6 Å². The van der Waals surface area contributed by atoms with Crippen molar-refractivity contribution >= 4 is 59.4 Å². The summed E-state index contributed by atoms with van der Waals surface area (Å²) in [5.41, 5.74) is -1.29. The topological polar surface area (TPSA) is 386 Å². The van der Waals surface area contributed by atoms with Crippen LogP contribution >= 0.6 is 41.5 Å². The van der Waals surface area contributed by atoms with E-state index in [0.717, 1.165) is 96.3 Å². The summed E-state index contributed by atoms with van der Waals surface area (Å²) in [5.74, 6) is 3.52. The Labute approximate surface area is 813 Å². The molecule has 0 aromatic carbocycles. The molecule has 3 fully saturated rings. The number of nitrogens with zero attached hydrogens (tertiary/aromatic N) is 5. The first kappa shape index (κ1) is 124. The van der Waals surface area contributed by atoms with Gasteiger partial charge in [0, 0.05) is 75.0 Å². The fraction of sp³-hybridized carbons (Fsp3) is 0.915. The van der Waals surface area contributed by atoms with Crippen LogP contribution in [0.3, 0.4) is 0 Å². The Morgan fingerprint density at radius 2 is 0.704 bits per heavy atom. The van der Waals surface area contributed by atoms with Gasteiger partial charge in [0.05, 0.1) is 174 Å². The number of hydrogen-bond acceptors (Lipinski definition) is 33. The average Bonchev–Trinajstić information content (AvgIpc) is 0.825. The largest absolute Gasteiger partial charge is 0.474 e. The lowest BCUT2D eigenvalue weighted by Crippen LogP contribution is -2.42. The molecule has 0 bridgehead atoms. The number of unbranched alkanes of at least 4 members (excludes halogenated alkanes) is 9. The van der Waals surface area contributed by atoms with Gasteiger partial charge in [0.25, 0.3) is 0 Å². The second-order valence-corrected chi connectivity index (χ2v) is 42.1. The molecule has 780 valence electrons. The molecule has 3 aliphatic rings. The van der Waals surface area contributed by atoms with Crippen LogP contribution in [0, 0.1) is 119 Å². The zero-order valence-electron chi connectivity index (χ0n) is 84.5. The van der Waals surface area contributed by atoms with Crippen molar-refractivity contribution in [3.8, 4) is 12.1 Å². The first-order chi connectivity index (χ1) is 65.7. The Morgan fingerprint density at radius 1 is 0.378 bits per heavy atom. The number of ether oxygens (including phenoxy) is 11. The van der Waals surface area contributed by atoms with Crippen molar-refractivity contribution in [2.24, 2.45) is 76.4 Å². The van der Waals surface area contributed by atoms with Gasteiger partial charge in [-0.1, -0.05) is 108 Å². The maximum Gasteiger partial charge on any atom is 0.474 e. The van der Waals surface area contributed by atoms with E-state index in [1.54, 1.807) is 6.92 Å². The van der Waals surface area contributed by atoms with E-state index in [4.69, 9.17) is 146 Å². The van der Waals surface area contributed by atoms with E-state index in [0.29, 0.717) is 138 Å². The number of phosphoric acid groups is 2. The predicted molar refractivity (Wildman–Crippen MR) is 511 cm³/mol. The molecule has 0 N–H and O–H groups in total. The summed E-state index contributed by atoms with van der Waals surface area (Å²) < 4.78 is 193. The molecule has 0 aliphatic heterocycles. The number of esters is 3. The molecule has 12 unspecified atom stereocenters. The van der Waals surface area contributed by atoms with E-state index in [9.17, 15) is 24.2 Å². The molecule has 3 saturated carbocycles. The average molecular weight is 2020 g/mol. The first-order valence-electron chi connectivity index (χ1n) is 49.7. The zero-order chi connectivity index (χ0) is 99.7. The van der Waals surface area contributed by atoms with Crippen molar-refractivity contribution in [1.82, 2.24) is 0 Å². The Balaban J connectivity index is 1.88. The summed E-state index contributed by atoms with van der Waals surface area (Å²) in [6, 6.07) is 3.93. The molecule has 0 saturated heterocycles. The number of hydrogen-bond donors (Lipinski definition) is 0. The number of rotatable bonds is 87. The Morgan fingerprint density at radius 3 is 1.04 bits per heavy atom. The summed E-state index contributed by atoms with van der Waals surface area (Å²) in [7, 11) is -14.3. The molecule has 135 heavy (non-hydrogen) atoms. The summed E-state index contributed by atoms with van der Waals surface area (Å²) in [6.07, 6.45) is 13.5. The normalized spacial score (nSPS) is 24.2. The van der Waals surface area contributed by atoms with Crippen molar-refractivity contribution in [3.63, 3.8) is 0 Å². The highest BCUT2D eigenvalue weighted by atomic mass is 31.2. The summed E-state index contributed by atoms with van der Waals surface area (Å²) in [4.78, 5) is 45.3. The van der Waals surface area contributed by atoms with Crippen molar-refractivity contribution in [2.75, 3.05) is 218 Å². The van der Waals surface area contributed by atoms with Crippen molar-refractivity contribution in [2.45, 2.75) is 263 Å². The van der Waals surface area contributed by atoms with Gasteiger partial charge in [0.2, 0.25) is 19.6 Å². The number of carbonyl (C=O) groups excluding carboxylic acids is 3. The summed E-state index contributed by atoms with van der Waals surface area (Å²) >= 11 is 0. The van der Waals surface area contributed by atoms with Gasteiger partial charge in [-0.05, 0) is 168 Å². The van der Waals surface area contributed by atoms with Crippen LogP contribution in [0.1, 0.15) is 240 Å². The smallest absolute Gasteiger partial charge is 0.466 e. The lowest BCUT2D eigenvalue weighted by atomic mass is 9.67. The van der Waals surface area contributed by atoms with Gasteiger partial charge in [-0.25, -0.2) is 28.8 Å². The highest BCUT2D eigenvalue weighted by Crippen LogP contribution is 2.53. The van der Waals surface area contributed by atoms with Crippen molar-refractivity contribution in [3.05, 3.63) is 34.3 Å². The monoisotopic (exact) mass is 2020 g/mol. The second-order valence-electron chi connectivity index (χ2n) is 35.1. The van der Waals surface area contributed by atoms with Crippen LogP contribution in [-0.4, -0.2) is 260 Å². The SMILES string of the molecule is [2H]CCCOCC(COP(=O)(OCC)OCCC#N)OCCCOP(=O)(OCCC#N)OCC(COCCCOP(OCCCCCCO[C@@H]1CC(COC(C)=O)[C@H](C)[C@H](C)C1C)OCC[N+]#[C-])(COCCCOP(OCCCCCCO[C@@H]1CC(COC(C)=O)[C@H](C)[C@H](C)C1C)OCC[N+]#[C-])COCCCOP(OCCCCCCO[C@@H]1CC(COC(C)=O)[C@H](C)[C@H](C)C1C)OCC[N+]#[C-]. The molecule has 36 nitrogen and oxygen atoms in total. The van der Waals surface area contributed by atoms with Crippen LogP contribution in [0.15, 0.2) is 0 Å². The maximum absolute atomic E-state index is 15.1. The van der Waals surface area contributed by atoms with Gasteiger partial charge >= 0.3 is 59.4 Å². The summed E-state index contributed by atoms with van der Waals surface area (Å²) in [5, 5.41) is 18.8. The lowest BCUT2D eigenvalue weighted by Gasteiger charge is -2.43. The van der Waals surface area contributed by atoms with Gasteiger partial charge in [0.1, 0.15) is 25.9 Å². The molecule has 0 amide bonds. The van der Waals surface area contributed by atoms with Crippen LogP contribution in [0.4, 0.5) is 0 Å². The minimum Gasteiger partial charge on any atom is -0.466 e. The van der Waals surface area contributed by atoms with E-state index in [-0.39, 0.29) is 232 Å². The molecule has 3 rings (SSSR count). The second kappa shape index (κ2) is 79.1. The zero-order valence-corrected chi connectivity index (χ0v) is 87.9. The quantitative estimate of drug-likeness (QED) is 0.0179. The van der Waals surface area contributed by atoms with Gasteiger partial charge in [-0.15, -0.1) is 0 Å². The number of carbonyl (C=O) groups is 3. The molecule has 0 spiro atoms. The molecule has 0 aromatic heterocycles. The minimum atomic E-state index is -4.60. The van der Waals surface area contributed by atoms with Crippen molar-refractivity contribution < 1.29 is 145 Å². The molecule has 0 heterocycles. The molecule has 21 atom stereocenters. The Bertz CT molecular complexity index is 3150. The van der Waals surface area contributed by atoms with Gasteiger partial charge in [-0.3, -0.25) is 41.5 Å². The molecule has 0 aromatic rings. The third-order valence-corrected chi connectivity index (χ3v) is 31.3. The van der Waals surface area contributed by atoms with E-state index in [1.807, 2.05) is 12.1 Å². The van der Waals surface area contributed by atoms with E-state index in [1.165, 1.54) is 20.8 Å². The van der Waals surface area contributed by atoms with E-state index in [2.05, 4.69) is 76.8 Å². The molecule has 0 radical (unpaired) electrons. The standard InChI is InChI=1S/C94H168N5O31P5/c1-18-43-105-69-90(70-129-134(103,125-19-2)126-57-32-38-95)109-50-37-59-128-135(104,127-58-33-39-96)130-74-94(71-106-44-34-54-119-131(122-60-40-97-15)116-51-29-23-20-26-47-110-91-63-87(66-113-84(12)100)78(6)75(3)81(91)9,72-107-45-35-55-120-132(123-61-41-98-16)117-52-30-24-21-27-48-111-92-64-88(67-114-85(13)101)79(7)76(4)82(92)10)73-108-46-36-56-121-133(124-62-42-99-17)118-53-31-25-22-28-49-112-93-65-89(68-115-86(14)102)80(8)77(5)83(93)11/h75-83,87-93H,18-37,40-74H2,1-14H3/t75-,76-,77-,78+,79+,80+,81?,82?,83?,87?,88?,89?,90?,91+,92+,93+,94?,131?,132?,133?,134?,135?/m0/s1/i1D. The fourth-order valence-electron chi connectivity index (χ4n) is 15.7. The third-order valence-electron chi connectivity index (χ3n) is 24.7. The third kappa shape index (κ3) is 58.3. The molecular weight excluding hydrogens is 1850 g/mol. The van der Waals surface area contributed by atoms with Crippen LogP contribution < -0.4 is 0 Å². The number of phosphoric ester groups is 2. The molecular formula is C94H168N5O31P5. The Kier molecular flexibility index (Phi) is 72.7. The first-order valence-corrected chi connectivity index (χ1v) is 55.2. The highest BCUT2D eigenvalue weighted by Gasteiger charge is 2.44. The van der Waals surface area contributed by atoms with Crippen LogP contribution in [0.2, 0.25) is 0 Å². The minimum absolute atomic E-state index is 0.0124. The van der Waals surface area contributed by atoms with Gasteiger partial charge in [-0.2, -0.15) is 10.5 Å².